The van der Waals surface area contributed by atoms with E-state index in [-0.39, 0.29) is 12.4 Å². The molecule has 0 atom stereocenters. The summed E-state index contributed by atoms with van der Waals surface area (Å²) in [5.41, 5.74) is 0.806. The summed E-state index contributed by atoms with van der Waals surface area (Å²) in [7, 11) is 0. The number of aromatic nitrogens is 3. The molecule has 0 spiro atoms. The van der Waals surface area contributed by atoms with Crippen molar-refractivity contribution in [1.29, 1.82) is 0 Å². The summed E-state index contributed by atoms with van der Waals surface area (Å²) in [4.78, 5) is 15.4. The van der Waals surface area contributed by atoms with E-state index in [1.807, 2.05) is 0 Å². The van der Waals surface area contributed by atoms with Gasteiger partial charge in [-0.25, -0.2) is 4.79 Å². The standard InChI is InChI=1S/C16H11N3O4S/c20-15(13-4-3-10-21-13)22-9-1-2-11-24-16-19-18-14(23-16)12-5-7-17-8-6-12/h3-8,10H,9,11H2. The van der Waals surface area contributed by atoms with E-state index in [2.05, 4.69) is 27.0 Å². The highest BCUT2D eigenvalue weighted by atomic mass is 32.2. The Morgan fingerprint density at radius 2 is 2.08 bits per heavy atom. The first-order valence-corrected chi connectivity index (χ1v) is 7.84. The highest BCUT2D eigenvalue weighted by molar-refractivity contribution is 7.99. The molecule has 3 aromatic rings. The second-order valence-corrected chi connectivity index (χ2v) is 5.23. The molecule has 0 aliphatic rings. The molecule has 7 nitrogen and oxygen atoms in total. The molecule has 3 heterocycles. The molecule has 0 radical (unpaired) electrons. The van der Waals surface area contributed by atoms with Crippen LogP contribution in [-0.4, -0.2) is 33.5 Å². The van der Waals surface area contributed by atoms with Crippen LogP contribution in [0, 0.1) is 11.8 Å². The number of ether oxygens (including phenoxy) is 1. The molecule has 120 valence electrons. The van der Waals surface area contributed by atoms with Crippen molar-refractivity contribution in [2.45, 2.75) is 5.22 Å². The molecule has 0 saturated carbocycles. The third-order valence-electron chi connectivity index (χ3n) is 2.72. The predicted octanol–water partition coefficient (Wildman–Crippen LogP) is 2.68. The van der Waals surface area contributed by atoms with E-state index in [1.54, 1.807) is 30.6 Å². The monoisotopic (exact) mass is 341 g/mol. The highest BCUT2D eigenvalue weighted by Gasteiger charge is 2.09. The number of hydrogen-bond donors (Lipinski definition) is 0. The fraction of sp³-hybridized carbons (Fsp3) is 0.125. The van der Waals surface area contributed by atoms with Crippen LogP contribution in [0.1, 0.15) is 10.6 Å². The number of pyridine rings is 1. The molecule has 0 aromatic carbocycles. The molecule has 3 rings (SSSR count). The third-order valence-corrected chi connectivity index (χ3v) is 3.42. The minimum atomic E-state index is -0.541. The van der Waals surface area contributed by atoms with Gasteiger partial charge in [0.2, 0.25) is 11.7 Å². The van der Waals surface area contributed by atoms with Gasteiger partial charge in [-0.2, -0.15) is 0 Å². The molecule has 0 N–H and O–H groups in total. The van der Waals surface area contributed by atoms with Crippen LogP contribution in [0.2, 0.25) is 0 Å². The largest absolute Gasteiger partial charge is 0.457 e. The molecule has 0 unspecified atom stereocenters. The number of esters is 1. The van der Waals surface area contributed by atoms with Crippen LogP contribution in [0.25, 0.3) is 11.5 Å². The van der Waals surface area contributed by atoms with Gasteiger partial charge in [0.1, 0.15) is 0 Å². The van der Waals surface area contributed by atoms with Crippen LogP contribution in [0.4, 0.5) is 0 Å². The Balaban J connectivity index is 1.43. The zero-order valence-corrected chi connectivity index (χ0v) is 13.2. The van der Waals surface area contributed by atoms with E-state index >= 15 is 0 Å². The predicted molar refractivity (Wildman–Crippen MR) is 85.0 cm³/mol. The van der Waals surface area contributed by atoms with Crippen LogP contribution in [0.3, 0.4) is 0 Å². The minimum absolute atomic E-state index is 0.00775. The van der Waals surface area contributed by atoms with E-state index in [1.165, 1.54) is 24.1 Å². The normalized spacial score (nSPS) is 10.0. The maximum absolute atomic E-state index is 11.5. The van der Waals surface area contributed by atoms with Crippen LogP contribution in [0.5, 0.6) is 0 Å². The van der Waals surface area contributed by atoms with E-state index in [0.717, 1.165) is 5.56 Å². The van der Waals surface area contributed by atoms with Crippen molar-refractivity contribution in [3.63, 3.8) is 0 Å². The smallest absolute Gasteiger partial charge is 0.375 e. The third kappa shape index (κ3) is 4.24. The quantitative estimate of drug-likeness (QED) is 0.397. The Hall–Kier alpha value is -3.05. The molecule has 0 fully saturated rings. The van der Waals surface area contributed by atoms with Crippen molar-refractivity contribution in [3.8, 4) is 23.3 Å². The van der Waals surface area contributed by atoms with Gasteiger partial charge in [0.15, 0.2) is 6.61 Å². The second kappa shape index (κ2) is 7.99. The van der Waals surface area contributed by atoms with Crippen molar-refractivity contribution in [3.05, 3.63) is 48.7 Å². The van der Waals surface area contributed by atoms with E-state index in [9.17, 15) is 4.79 Å². The van der Waals surface area contributed by atoms with Crippen LogP contribution < -0.4 is 0 Å². The fourth-order valence-electron chi connectivity index (χ4n) is 1.65. The van der Waals surface area contributed by atoms with Gasteiger partial charge in [-0.1, -0.05) is 23.6 Å². The zero-order valence-electron chi connectivity index (χ0n) is 12.3. The molecule has 0 amide bonds. The Morgan fingerprint density at radius 1 is 1.21 bits per heavy atom. The Kier molecular flexibility index (Phi) is 5.27. The van der Waals surface area contributed by atoms with Crippen molar-refractivity contribution in [1.82, 2.24) is 15.2 Å². The fourth-order valence-corrected chi connectivity index (χ4v) is 2.18. The molecule has 3 aromatic heterocycles. The van der Waals surface area contributed by atoms with E-state index < -0.39 is 5.97 Å². The van der Waals surface area contributed by atoms with Crippen LogP contribution in [-0.2, 0) is 4.74 Å². The average Bonchev–Trinajstić information content (AvgIpc) is 3.30. The number of carbonyl (C=O) groups excluding carboxylic acids is 1. The van der Waals surface area contributed by atoms with Gasteiger partial charge in [0, 0.05) is 18.0 Å². The molecule has 8 heteroatoms. The minimum Gasteiger partial charge on any atom is -0.457 e. The van der Waals surface area contributed by atoms with Gasteiger partial charge in [-0.15, -0.1) is 10.2 Å². The van der Waals surface area contributed by atoms with Crippen molar-refractivity contribution >= 4 is 17.7 Å². The summed E-state index contributed by atoms with van der Waals surface area (Å²) in [5, 5.41) is 8.31. The lowest BCUT2D eigenvalue weighted by atomic mass is 10.3. The molecule has 0 bridgehead atoms. The van der Waals surface area contributed by atoms with Gasteiger partial charge < -0.3 is 13.6 Å². The number of carbonyl (C=O) groups is 1. The Morgan fingerprint density at radius 3 is 2.88 bits per heavy atom. The van der Waals surface area contributed by atoms with Crippen molar-refractivity contribution in [2.24, 2.45) is 0 Å². The number of thioether (sulfide) groups is 1. The maximum Gasteiger partial charge on any atom is 0.375 e. The molecular weight excluding hydrogens is 330 g/mol. The van der Waals surface area contributed by atoms with Crippen LogP contribution >= 0.6 is 11.8 Å². The van der Waals surface area contributed by atoms with Gasteiger partial charge in [-0.05, 0) is 24.3 Å². The summed E-state index contributed by atoms with van der Waals surface area (Å²) < 4.78 is 15.4. The lowest BCUT2D eigenvalue weighted by molar-refractivity contribution is 0.0520. The van der Waals surface area contributed by atoms with Gasteiger partial charge in [0.05, 0.1) is 12.0 Å². The van der Waals surface area contributed by atoms with Crippen molar-refractivity contribution in [2.75, 3.05) is 12.4 Å². The van der Waals surface area contributed by atoms with Crippen molar-refractivity contribution < 1.29 is 18.4 Å². The molecule has 0 aliphatic heterocycles. The number of rotatable bonds is 5. The SMILES string of the molecule is O=C(OCC#CCSc1nnc(-c2ccncc2)o1)c1ccco1. The summed E-state index contributed by atoms with van der Waals surface area (Å²) in [6.45, 7) is -0.00775. The maximum atomic E-state index is 11.5. The summed E-state index contributed by atoms with van der Waals surface area (Å²) in [5.74, 6) is 6.07. The molecule has 24 heavy (non-hydrogen) atoms. The summed E-state index contributed by atoms with van der Waals surface area (Å²) in [6.07, 6.45) is 4.72. The topological polar surface area (TPSA) is 91.2 Å². The lowest BCUT2D eigenvalue weighted by Gasteiger charge is -1.95. The lowest BCUT2D eigenvalue weighted by Crippen LogP contribution is -2.03. The summed E-state index contributed by atoms with van der Waals surface area (Å²) in [6, 6.07) is 6.72. The molecular formula is C16H11N3O4S. The van der Waals surface area contributed by atoms with Gasteiger partial charge >= 0.3 is 5.97 Å². The van der Waals surface area contributed by atoms with Gasteiger partial charge in [0.25, 0.3) is 5.22 Å². The molecule has 0 saturated heterocycles. The first-order chi connectivity index (χ1) is 11.8. The van der Waals surface area contributed by atoms with E-state index in [0.29, 0.717) is 16.9 Å². The Bertz CT molecular complexity index is 850. The highest BCUT2D eigenvalue weighted by Crippen LogP contribution is 2.21. The summed E-state index contributed by atoms with van der Waals surface area (Å²) >= 11 is 1.30. The first kappa shape index (κ1) is 15.8. The number of nitrogens with zero attached hydrogens (tertiary/aromatic N) is 3. The first-order valence-electron chi connectivity index (χ1n) is 6.86. The molecule has 0 aliphatic carbocycles. The number of hydrogen-bond acceptors (Lipinski definition) is 8. The second-order valence-electron chi connectivity index (χ2n) is 4.30. The van der Waals surface area contributed by atoms with Gasteiger partial charge in [-0.3, -0.25) is 4.98 Å². The average molecular weight is 341 g/mol. The zero-order chi connectivity index (χ0) is 16.6. The van der Waals surface area contributed by atoms with Crippen LogP contribution in [0.15, 0.2) is 57.0 Å². The Labute approximate surface area is 141 Å². The number of furan rings is 1. The van der Waals surface area contributed by atoms with E-state index in [4.69, 9.17) is 13.6 Å².